The second kappa shape index (κ2) is 6.02. The average molecular weight is 278 g/mol. The summed E-state index contributed by atoms with van der Waals surface area (Å²) in [7, 11) is 0. The van der Waals surface area contributed by atoms with E-state index in [9.17, 15) is 0 Å². The molecule has 2 rings (SSSR count). The molecule has 0 atom stereocenters. The Morgan fingerprint density at radius 2 is 1.74 bits per heavy atom. The largest absolute Gasteiger partial charge is 0.490 e. The van der Waals surface area contributed by atoms with Gasteiger partial charge in [0.2, 0.25) is 0 Å². The lowest BCUT2D eigenvalue weighted by Crippen LogP contribution is -2.00. The summed E-state index contributed by atoms with van der Waals surface area (Å²) in [4.78, 5) is 7.63. The highest BCUT2D eigenvalue weighted by Crippen LogP contribution is 2.32. The Kier molecular flexibility index (Phi) is 4.37. The van der Waals surface area contributed by atoms with E-state index >= 15 is 0 Å². The fourth-order valence-corrected chi connectivity index (χ4v) is 2.19. The first-order chi connectivity index (χ1) is 9.19. The lowest BCUT2D eigenvalue weighted by molar-refractivity contribution is 0.288. The zero-order chi connectivity index (χ0) is 13.8. The molecule has 0 aliphatic heterocycles. The topological polar surface area (TPSA) is 47.1 Å². The summed E-state index contributed by atoms with van der Waals surface area (Å²) in [5.74, 6) is 2.32. The maximum Gasteiger partial charge on any atom is 0.163 e. The highest BCUT2D eigenvalue weighted by atomic mass is 32.1. The van der Waals surface area contributed by atoms with Crippen LogP contribution >= 0.6 is 12.2 Å². The molecule has 4 nitrogen and oxygen atoms in total. The molecule has 0 aliphatic rings. The van der Waals surface area contributed by atoms with Crippen molar-refractivity contribution in [3.05, 3.63) is 22.6 Å². The summed E-state index contributed by atoms with van der Waals surface area (Å²) in [6.45, 7) is 7.11. The number of ether oxygens (including phenoxy) is 2. The lowest BCUT2D eigenvalue weighted by Gasteiger charge is -2.12. The van der Waals surface area contributed by atoms with E-state index in [-0.39, 0.29) is 0 Å². The van der Waals surface area contributed by atoms with Crippen molar-refractivity contribution in [1.29, 1.82) is 0 Å². The van der Waals surface area contributed by atoms with Gasteiger partial charge in [0.1, 0.15) is 10.5 Å². The highest BCUT2D eigenvalue weighted by Gasteiger charge is 2.09. The van der Waals surface area contributed by atoms with E-state index in [4.69, 9.17) is 21.7 Å². The molecule has 0 saturated heterocycles. The van der Waals surface area contributed by atoms with Gasteiger partial charge >= 0.3 is 0 Å². The zero-order valence-corrected chi connectivity index (χ0v) is 12.3. The molecule has 1 N–H and O–H groups in total. The van der Waals surface area contributed by atoms with Gasteiger partial charge in [-0.2, -0.15) is 0 Å². The highest BCUT2D eigenvalue weighted by molar-refractivity contribution is 7.71. The van der Waals surface area contributed by atoms with Crippen LogP contribution in [0, 0.1) is 4.64 Å². The molecule has 0 spiro atoms. The smallest absolute Gasteiger partial charge is 0.163 e. The maximum atomic E-state index is 5.61. The van der Waals surface area contributed by atoms with Crippen LogP contribution in [-0.4, -0.2) is 23.2 Å². The summed E-state index contributed by atoms with van der Waals surface area (Å²) in [5, 5.41) is 0.888. The predicted octanol–water partition coefficient (Wildman–Crippen LogP) is 3.65. The van der Waals surface area contributed by atoms with E-state index < -0.39 is 0 Å². The molecular weight excluding hydrogens is 260 g/mol. The number of rotatable bonds is 5. The van der Waals surface area contributed by atoms with Crippen molar-refractivity contribution in [3.63, 3.8) is 0 Å². The Hall–Kier alpha value is -1.62. The normalized spacial score (nSPS) is 10.7. The molecule has 1 aromatic carbocycles. The van der Waals surface area contributed by atoms with E-state index in [0.717, 1.165) is 28.9 Å². The van der Waals surface area contributed by atoms with E-state index in [1.807, 2.05) is 32.9 Å². The number of H-pyrrole nitrogens is 1. The summed E-state index contributed by atoms with van der Waals surface area (Å²) >= 11 is 5.33. The molecule has 5 heteroatoms. The fraction of sp³-hybridized carbons (Fsp3) is 0.429. The first kappa shape index (κ1) is 13.8. The number of nitrogens with one attached hydrogen (secondary N) is 1. The third-order valence-corrected chi connectivity index (χ3v) is 3.08. The van der Waals surface area contributed by atoms with Crippen molar-refractivity contribution in [2.24, 2.45) is 0 Å². The molecule has 0 fully saturated rings. The predicted molar refractivity (Wildman–Crippen MR) is 78.6 cm³/mol. The SMILES string of the molecule is CCOc1cc2[nH]c(CC)nc(=S)c2cc1OCC. The van der Waals surface area contributed by atoms with Crippen LogP contribution in [0.3, 0.4) is 0 Å². The Bertz CT molecular complexity index is 637. The standard InChI is InChI=1S/C14H18N2O2S/c1-4-13-15-10-8-12(18-6-3)11(17-5-2)7-9(10)14(19)16-13/h7-8H,4-6H2,1-3H3,(H,15,16,19). The monoisotopic (exact) mass is 278 g/mol. The number of nitrogens with zero attached hydrogens (tertiary/aromatic N) is 1. The van der Waals surface area contributed by atoms with Gasteiger partial charge in [-0.3, -0.25) is 0 Å². The molecule has 1 aromatic heterocycles. The van der Waals surface area contributed by atoms with Crippen LogP contribution in [0.2, 0.25) is 0 Å². The van der Waals surface area contributed by atoms with Crippen molar-refractivity contribution in [2.45, 2.75) is 27.2 Å². The number of aryl methyl sites for hydroxylation is 1. The Morgan fingerprint density at radius 3 is 2.32 bits per heavy atom. The molecule has 102 valence electrons. The minimum Gasteiger partial charge on any atom is -0.490 e. The number of benzene rings is 1. The number of aromatic amines is 1. The van der Waals surface area contributed by atoms with Crippen molar-refractivity contribution >= 4 is 23.1 Å². The van der Waals surface area contributed by atoms with Gasteiger partial charge in [-0.05, 0) is 19.9 Å². The van der Waals surface area contributed by atoms with Gasteiger partial charge in [0, 0.05) is 17.9 Å². The van der Waals surface area contributed by atoms with Crippen molar-refractivity contribution in [2.75, 3.05) is 13.2 Å². The van der Waals surface area contributed by atoms with Crippen LogP contribution in [0.1, 0.15) is 26.6 Å². The second-order valence-corrected chi connectivity index (χ2v) is 4.44. The van der Waals surface area contributed by atoms with Crippen LogP contribution in [0.4, 0.5) is 0 Å². The average Bonchev–Trinajstić information content (AvgIpc) is 2.40. The van der Waals surface area contributed by atoms with Gasteiger partial charge in [0.15, 0.2) is 11.5 Å². The summed E-state index contributed by atoms with van der Waals surface area (Å²) in [5.41, 5.74) is 0.934. The van der Waals surface area contributed by atoms with Crippen molar-refractivity contribution < 1.29 is 9.47 Å². The van der Waals surface area contributed by atoms with Gasteiger partial charge < -0.3 is 14.5 Å². The van der Waals surface area contributed by atoms with E-state index in [1.54, 1.807) is 0 Å². The Labute approximate surface area is 117 Å². The van der Waals surface area contributed by atoms with Crippen LogP contribution in [0.5, 0.6) is 11.5 Å². The van der Waals surface area contributed by atoms with Gasteiger partial charge in [-0.1, -0.05) is 19.1 Å². The van der Waals surface area contributed by atoms with E-state index in [2.05, 4.69) is 9.97 Å². The Balaban J connectivity index is 2.65. The Morgan fingerprint density at radius 1 is 1.11 bits per heavy atom. The molecule has 2 aromatic rings. The molecule has 19 heavy (non-hydrogen) atoms. The van der Waals surface area contributed by atoms with Gasteiger partial charge in [0.25, 0.3) is 0 Å². The first-order valence-electron chi connectivity index (χ1n) is 6.52. The van der Waals surface area contributed by atoms with Crippen LogP contribution in [0.25, 0.3) is 10.9 Å². The number of hydrogen-bond donors (Lipinski definition) is 1. The lowest BCUT2D eigenvalue weighted by atomic mass is 10.2. The second-order valence-electron chi connectivity index (χ2n) is 4.05. The molecular formula is C14H18N2O2S. The third kappa shape index (κ3) is 2.87. The molecule has 0 aliphatic carbocycles. The first-order valence-corrected chi connectivity index (χ1v) is 6.92. The van der Waals surface area contributed by atoms with Gasteiger partial charge in [0.05, 0.1) is 18.7 Å². The summed E-state index contributed by atoms with van der Waals surface area (Å²) in [6.07, 6.45) is 0.816. The van der Waals surface area contributed by atoms with E-state index in [1.165, 1.54) is 0 Å². The number of aromatic nitrogens is 2. The van der Waals surface area contributed by atoms with E-state index in [0.29, 0.717) is 23.6 Å². The molecule has 0 radical (unpaired) electrons. The third-order valence-electron chi connectivity index (χ3n) is 2.76. The quantitative estimate of drug-likeness (QED) is 0.848. The number of hydrogen-bond acceptors (Lipinski definition) is 4. The van der Waals surface area contributed by atoms with Gasteiger partial charge in [-0.15, -0.1) is 0 Å². The molecule has 0 bridgehead atoms. The molecule has 1 heterocycles. The van der Waals surface area contributed by atoms with Crippen molar-refractivity contribution in [3.8, 4) is 11.5 Å². The number of fused-ring (bicyclic) bond motifs is 1. The molecule has 0 amide bonds. The molecule has 0 unspecified atom stereocenters. The van der Waals surface area contributed by atoms with Crippen LogP contribution < -0.4 is 9.47 Å². The minimum atomic E-state index is 0.586. The molecule has 0 saturated carbocycles. The maximum absolute atomic E-state index is 5.61. The minimum absolute atomic E-state index is 0.586. The van der Waals surface area contributed by atoms with Crippen molar-refractivity contribution in [1.82, 2.24) is 9.97 Å². The van der Waals surface area contributed by atoms with Crippen LogP contribution in [-0.2, 0) is 6.42 Å². The van der Waals surface area contributed by atoms with Crippen LogP contribution in [0.15, 0.2) is 12.1 Å². The summed E-state index contributed by atoms with van der Waals surface area (Å²) in [6, 6.07) is 3.83. The fourth-order valence-electron chi connectivity index (χ4n) is 1.91. The zero-order valence-electron chi connectivity index (χ0n) is 11.4. The summed E-state index contributed by atoms with van der Waals surface area (Å²) < 4.78 is 11.8. The van der Waals surface area contributed by atoms with Gasteiger partial charge in [-0.25, -0.2) is 4.98 Å².